The van der Waals surface area contributed by atoms with Crippen molar-refractivity contribution in [1.29, 1.82) is 0 Å². The molecule has 0 bridgehead atoms. The number of hydrogen-bond donors (Lipinski definition) is 1. The van der Waals surface area contributed by atoms with Crippen LogP contribution in [0.1, 0.15) is 34.9 Å². The molecule has 1 N–H and O–H groups in total. The SMILES string of the molecule is Cn1cnc(C=Cc2ccc(C3(C)c4ccc(O)cc4CCN3c3ccc(F)cc3)cc2)c1. The minimum atomic E-state index is -0.470. The molecule has 5 heteroatoms. The van der Waals surface area contributed by atoms with Gasteiger partial charge in [0, 0.05) is 25.5 Å². The zero-order chi connectivity index (χ0) is 23.0. The smallest absolute Gasteiger partial charge is 0.123 e. The quantitative estimate of drug-likeness (QED) is 0.439. The van der Waals surface area contributed by atoms with Gasteiger partial charge in [0.05, 0.1) is 17.6 Å². The first kappa shape index (κ1) is 21.0. The van der Waals surface area contributed by atoms with Gasteiger partial charge in [0.15, 0.2) is 0 Å². The zero-order valence-corrected chi connectivity index (χ0v) is 18.7. The highest BCUT2D eigenvalue weighted by molar-refractivity contribution is 5.68. The van der Waals surface area contributed by atoms with Crippen LogP contribution in [-0.4, -0.2) is 21.2 Å². The van der Waals surface area contributed by atoms with E-state index in [1.54, 1.807) is 12.4 Å². The van der Waals surface area contributed by atoms with Crippen molar-refractivity contribution in [2.45, 2.75) is 18.9 Å². The number of hydrogen-bond acceptors (Lipinski definition) is 3. The molecule has 1 unspecified atom stereocenters. The van der Waals surface area contributed by atoms with E-state index >= 15 is 0 Å². The number of benzene rings is 3. The Balaban J connectivity index is 1.55. The average Bonchev–Trinajstić information content (AvgIpc) is 3.24. The number of phenols is 1. The molecule has 4 nitrogen and oxygen atoms in total. The number of aromatic hydroxyl groups is 1. The molecule has 0 fully saturated rings. The van der Waals surface area contributed by atoms with Gasteiger partial charge in [-0.25, -0.2) is 9.37 Å². The predicted molar refractivity (Wildman–Crippen MR) is 131 cm³/mol. The molecule has 1 aromatic heterocycles. The van der Waals surface area contributed by atoms with Crippen molar-refractivity contribution in [2.24, 2.45) is 7.05 Å². The summed E-state index contributed by atoms with van der Waals surface area (Å²) in [5, 5.41) is 10.1. The maximum absolute atomic E-state index is 13.6. The minimum Gasteiger partial charge on any atom is -0.508 e. The molecule has 0 amide bonds. The third-order valence-electron chi connectivity index (χ3n) is 6.54. The monoisotopic (exact) mass is 439 g/mol. The molecule has 1 atom stereocenters. The maximum Gasteiger partial charge on any atom is 0.123 e. The molecule has 5 rings (SSSR count). The molecule has 0 aliphatic carbocycles. The summed E-state index contributed by atoms with van der Waals surface area (Å²) in [6.45, 7) is 2.96. The van der Waals surface area contributed by atoms with Crippen LogP contribution in [0.25, 0.3) is 12.2 Å². The standard InChI is InChI=1S/C28H26FN3O/c1-28(22-6-3-20(4-7-22)5-10-24-18-31(2)19-30-24)27-14-13-26(33)17-21(27)15-16-32(28)25-11-8-23(29)9-12-25/h3-14,17-19,33H,15-16H2,1-2H3. The van der Waals surface area contributed by atoms with Crippen LogP contribution < -0.4 is 4.90 Å². The van der Waals surface area contributed by atoms with Gasteiger partial charge in [-0.05, 0) is 78.1 Å². The van der Waals surface area contributed by atoms with Gasteiger partial charge < -0.3 is 14.6 Å². The van der Waals surface area contributed by atoms with Crippen LogP contribution in [0.5, 0.6) is 5.75 Å². The first-order valence-electron chi connectivity index (χ1n) is 11.1. The summed E-state index contributed by atoms with van der Waals surface area (Å²) >= 11 is 0. The molecule has 4 aromatic rings. The molecule has 2 heterocycles. The van der Waals surface area contributed by atoms with Gasteiger partial charge in [-0.1, -0.05) is 36.4 Å². The minimum absolute atomic E-state index is 0.244. The summed E-state index contributed by atoms with van der Waals surface area (Å²) in [5.74, 6) is 0.0353. The second-order valence-corrected chi connectivity index (χ2v) is 8.71. The molecule has 3 aromatic carbocycles. The predicted octanol–water partition coefficient (Wildman–Crippen LogP) is 5.76. The van der Waals surface area contributed by atoms with Crippen molar-refractivity contribution in [3.8, 4) is 5.75 Å². The number of aromatic nitrogens is 2. The van der Waals surface area contributed by atoms with E-state index in [9.17, 15) is 9.50 Å². The highest BCUT2D eigenvalue weighted by Gasteiger charge is 2.40. The van der Waals surface area contributed by atoms with Crippen molar-refractivity contribution >= 4 is 17.8 Å². The van der Waals surface area contributed by atoms with Gasteiger partial charge in [0.2, 0.25) is 0 Å². The van der Waals surface area contributed by atoms with Gasteiger partial charge in [-0.3, -0.25) is 0 Å². The molecule has 33 heavy (non-hydrogen) atoms. The van der Waals surface area contributed by atoms with Gasteiger partial charge in [-0.2, -0.15) is 0 Å². The summed E-state index contributed by atoms with van der Waals surface area (Å²) in [4.78, 5) is 6.66. The van der Waals surface area contributed by atoms with E-state index in [2.05, 4.69) is 47.1 Å². The number of rotatable bonds is 4. The summed E-state index contributed by atoms with van der Waals surface area (Å²) in [6, 6.07) is 20.8. The number of phenolic OH excluding ortho intramolecular Hbond substituents is 1. The Morgan fingerprint density at radius 3 is 2.45 bits per heavy atom. The van der Waals surface area contributed by atoms with Crippen LogP contribution in [0.4, 0.5) is 10.1 Å². The normalized spacial score (nSPS) is 18.0. The lowest BCUT2D eigenvalue weighted by molar-refractivity contribution is 0.463. The Bertz CT molecular complexity index is 1310. The molecule has 0 radical (unpaired) electrons. The Morgan fingerprint density at radius 1 is 1.00 bits per heavy atom. The fraction of sp³-hybridized carbons (Fsp3) is 0.179. The fourth-order valence-electron chi connectivity index (χ4n) is 4.80. The Labute approximate surface area is 193 Å². The average molecular weight is 440 g/mol. The third kappa shape index (κ3) is 3.91. The van der Waals surface area contributed by atoms with Crippen LogP contribution in [0.15, 0.2) is 79.3 Å². The lowest BCUT2D eigenvalue weighted by atomic mass is 9.76. The molecular formula is C28H26FN3O. The second-order valence-electron chi connectivity index (χ2n) is 8.71. The highest BCUT2D eigenvalue weighted by Crippen LogP contribution is 2.44. The van der Waals surface area contributed by atoms with Crippen molar-refractivity contribution in [3.05, 3.63) is 113 Å². The summed E-state index contributed by atoms with van der Waals surface area (Å²) in [7, 11) is 1.95. The van der Waals surface area contributed by atoms with E-state index in [-0.39, 0.29) is 11.6 Å². The van der Waals surface area contributed by atoms with Gasteiger partial charge in [-0.15, -0.1) is 0 Å². The van der Waals surface area contributed by atoms with Gasteiger partial charge in [0.25, 0.3) is 0 Å². The molecule has 0 saturated carbocycles. The van der Waals surface area contributed by atoms with E-state index in [0.29, 0.717) is 0 Å². The number of anilines is 1. The van der Waals surface area contributed by atoms with Crippen LogP contribution in [0.3, 0.4) is 0 Å². The Morgan fingerprint density at radius 2 is 1.76 bits per heavy atom. The number of imidazole rings is 1. The van der Waals surface area contributed by atoms with Crippen LogP contribution in [0.2, 0.25) is 0 Å². The molecular weight excluding hydrogens is 413 g/mol. The third-order valence-corrected chi connectivity index (χ3v) is 6.54. The summed E-state index contributed by atoms with van der Waals surface area (Å²) in [5.41, 5.74) is 5.91. The van der Waals surface area contributed by atoms with E-state index in [0.717, 1.165) is 46.6 Å². The van der Waals surface area contributed by atoms with E-state index in [4.69, 9.17) is 0 Å². The van der Waals surface area contributed by atoms with E-state index in [1.807, 2.05) is 48.2 Å². The second kappa shape index (κ2) is 8.24. The largest absolute Gasteiger partial charge is 0.508 e. The summed E-state index contributed by atoms with van der Waals surface area (Å²) in [6.07, 6.45) is 8.62. The molecule has 166 valence electrons. The van der Waals surface area contributed by atoms with Crippen molar-refractivity contribution < 1.29 is 9.50 Å². The molecule has 0 spiro atoms. The van der Waals surface area contributed by atoms with Crippen molar-refractivity contribution in [3.63, 3.8) is 0 Å². The fourth-order valence-corrected chi connectivity index (χ4v) is 4.80. The van der Waals surface area contributed by atoms with E-state index < -0.39 is 5.54 Å². The molecule has 1 aliphatic rings. The lowest BCUT2D eigenvalue weighted by Crippen LogP contribution is -2.49. The van der Waals surface area contributed by atoms with Crippen LogP contribution >= 0.6 is 0 Å². The van der Waals surface area contributed by atoms with Gasteiger partial charge in [0.1, 0.15) is 11.6 Å². The lowest BCUT2D eigenvalue weighted by Gasteiger charge is -2.48. The Kier molecular flexibility index (Phi) is 5.25. The van der Waals surface area contributed by atoms with Crippen molar-refractivity contribution in [2.75, 3.05) is 11.4 Å². The summed E-state index contributed by atoms with van der Waals surface area (Å²) < 4.78 is 15.6. The van der Waals surface area contributed by atoms with Crippen LogP contribution in [-0.2, 0) is 19.0 Å². The molecule has 1 aliphatic heterocycles. The number of aryl methyl sites for hydroxylation is 1. The Hall–Kier alpha value is -3.86. The number of halogens is 1. The van der Waals surface area contributed by atoms with E-state index in [1.165, 1.54) is 12.1 Å². The first-order valence-corrected chi connectivity index (χ1v) is 11.1. The number of nitrogens with zero attached hydrogens (tertiary/aromatic N) is 3. The van der Waals surface area contributed by atoms with Crippen LogP contribution in [0, 0.1) is 5.82 Å². The topological polar surface area (TPSA) is 41.3 Å². The maximum atomic E-state index is 13.6. The number of fused-ring (bicyclic) bond motifs is 1. The highest BCUT2D eigenvalue weighted by atomic mass is 19.1. The van der Waals surface area contributed by atoms with Crippen molar-refractivity contribution in [1.82, 2.24) is 9.55 Å². The zero-order valence-electron chi connectivity index (χ0n) is 18.7. The first-order chi connectivity index (χ1) is 15.9. The van der Waals surface area contributed by atoms with Gasteiger partial charge >= 0.3 is 0 Å². The molecule has 0 saturated heterocycles.